The van der Waals surface area contributed by atoms with Gasteiger partial charge in [0.1, 0.15) is 5.60 Å². The van der Waals surface area contributed by atoms with Crippen LogP contribution in [0.5, 0.6) is 0 Å². The highest BCUT2D eigenvalue weighted by atomic mass is 16.6. The highest BCUT2D eigenvalue weighted by molar-refractivity contribution is 5.69. The van der Waals surface area contributed by atoms with Gasteiger partial charge in [-0.2, -0.15) is 0 Å². The first-order valence-electron chi connectivity index (χ1n) is 9.12. The van der Waals surface area contributed by atoms with Gasteiger partial charge in [-0.25, -0.2) is 4.79 Å². The lowest BCUT2D eigenvalue weighted by Gasteiger charge is -2.32. The van der Waals surface area contributed by atoms with Crippen molar-refractivity contribution in [3.8, 4) is 0 Å². The fourth-order valence-electron chi connectivity index (χ4n) is 3.76. The maximum absolute atomic E-state index is 12.3. The largest absolute Gasteiger partial charge is 0.444 e. The molecule has 3 atom stereocenters. The Labute approximate surface area is 136 Å². The Morgan fingerprint density at radius 2 is 2.00 bits per heavy atom. The van der Waals surface area contributed by atoms with Crippen molar-refractivity contribution in [2.75, 3.05) is 13.1 Å². The van der Waals surface area contributed by atoms with Gasteiger partial charge in [-0.3, -0.25) is 0 Å². The summed E-state index contributed by atoms with van der Waals surface area (Å²) in [5.41, 5.74) is -0.407. The SMILES string of the molecule is CCC1CCCC(NCC2CCCN2C(=O)OC(C)(C)C)C1. The van der Waals surface area contributed by atoms with Crippen LogP contribution < -0.4 is 5.32 Å². The lowest BCUT2D eigenvalue weighted by Crippen LogP contribution is -2.46. The summed E-state index contributed by atoms with van der Waals surface area (Å²) in [6.45, 7) is 9.85. The van der Waals surface area contributed by atoms with Gasteiger partial charge in [-0.05, 0) is 52.4 Å². The zero-order valence-electron chi connectivity index (χ0n) is 14.9. The minimum absolute atomic E-state index is 0.146. The Balaban J connectivity index is 1.80. The standard InChI is InChI=1S/C18H34N2O2/c1-5-14-8-6-9-15(12-14)19-13-16-10-7-11-20(16)17(21)22-18(2,3)4/h14-16,19H,5-13H2,1-4H3. The predicted octanol–water partition coefficient (Wildman–Crippen LogP) is 3.94. The predicted molar refractivity (Wildman–Crippen MR) is 90.0 cm³/mol. The molecule has 128 valence electrons. The van der Waals surface area contributed by atoms with E-state index < -0.39 is 5.60 Å². The van der Waals surface area contributed by atoms with E-state index in [1.165, 1.54) is 32.1 Å². The summed E-state index contributed by atoms with van der Waals surface area (Å²) in [6.07, 6.45) is 8.66. The zero-order chi connectivity index (χ0) is 16.2. The third-order valence-electron chi connectivity index (χ3n) is 5.01. The molecular weight excluding hydrogens is 276 g/mol. The highest BCUT2D eigenvalue weighted by Crippen LogP contribution is 2.27. The van der Waals surface area contributed by atoms with Gasteiger partial charge in [0.2, 0.25) is 0 Å². The maximum Gasteiger partial charge on any atom is 0.410 e. The lowest BCUT2D eigenvalue weighted by atomic mass is 9.84. The number of ether oxygens (including phenoxy) is 1. The smallest absolute Gasteiger partial charge is 0.410 e. The van der Waals surface area contributed by atoms with Crippen molar-refractivity contribution in [1.82, 2.24) is 10.2 Å². The van der Waals surface area contributed by atoms with E-state index in [0.717, 1.165) is 31.8 Å². The number of carbonyl (C=O) groups excluding carboxylic acids is 1. The molecule has 1 amide bonds. The topological polar surface area (TPSA) is 41.6 Å². The minimum atomic E-state index is -0.407. The average molecular weight is 310 g/mol. The molecule has 0 aromatic carbocycles. The van der Waals surface area contributed by atoms with Crippen molar-refractivity contribution in [1.29, 1.82) is 0 Å². The molecule has 1 heterocycles. The molecule has 0 radical (unpaired) electrons. The molecule has 0 spiro atoms. The Morgan fingerprint density at radius 1 is 1.23 bits per heavy atom. The number of carbonyl (C=O) groups is 1. The van der Waals surface area contributed by atoms with Crippen molar-refractivity contribution in [2.45, 2.75) is 90.3 Å². The van der Waals surface area contributed by atoms with Crippen LogP contribution in [0.2, 0.25) is 0 Å². The molecule has 4 nitrogen and oxygen atoms in total. The third-order valence-corrected chi connectivity index (χ3v) is 5.01. The normalized spacial score (nSPS) is 29.6. The molecule has 2 rings (SSSR count). The van der Waals surface area contributed by atoms with Crippen LogP contribution in [0.3, 0.4) is 0 Å². The Kier molecular flexibility index (Phi) is 6.13. The van der Waals surface area contributed by atoms with Gasteiger partial charge < -0.3 is 15.0 Å². The molecule has 1 saturated carbocycles. The van der Waals surface area contributed by atoms with Gasteiger partial charge in [0.25, 0.3) is 0 Å². The molecule has 1 aliphatic heterocycles. The molecule has 4 heteroatoms. The summed E-state index contributed by atoms with van der Waals surface area (Å²) in [5, 5.41) is 3.73. The van der Waals surface area contributed by atoms with Crippen molar-refractivity contribution >= 4 is 6.09 Å². The highest BCUT2D eigenvalue weighted by Gasteiger charge is 2.32. The summed E-state index contributed by atoms with van der Waals surface area (Å²) >= 11 is 0. The number of nitrogens with one attached hydrogen (secondary N) is 1. The second-order valence-electron chi connectivity index (χ2n) is 8.02. The molecule has 0 bridgehead atoms. The van der Waals surface area contributed by atoms with Gasteiger partial charge in [0.15, 0.2) is 0 Å². The van der Waals surface area contributed by atoms with Crippen LogP contribution >= 0.6 is 0 Å². The van der Waals surface area contributed by atoms with Gasteiger partial charge in [-0.15, -0.1) is 0 Å². The van der Waals surface area contributed by atoms with E-state index in [-0.39, 0.29) is 6.09 Å². The maximum atomic E-state index is 12.3. The summed E-state index contributed by atoms with van der Waals surface area (Å²) < 4.78 is 5.54. The Hall–Kier alpha value is -0.770. The second-order valence-corrected chi connectivity index (χ2v) is 8.02. The van der Waals surface area contributed by atoms with Gasteiger partial charge >= 0.3 is 6.09 Å². The van der Waals surface area contributed by atoms with E-state index in [1.54, 1.807) is 0 Å². The van der Waals surface area contributed by atoms with Crippen molar-refractivity contribution in [3.05, 3.63) is 0 Å². The first-order chi connectivity index (χ1) is 10.4. The van der Waals surface area contributed by atoms with E-state index in [0.29, 0.717) is 12.1 Å². The fraction of sp³-hybridized carbons (Fsp3) is 0.944. The Morgan fingerprint density at radius 3 is 2.68 bits per heavy atom. The van der Waals surface area contributed by atoms with Crippen LogP contribution in [0.15, 0.2) is 0 Å². The minimum Gasteiger partial charge on any atom is -0.444 e. The van der Waals surface area contributed by atoms with E-state index in [1.807, 2.05) is 25.7 Å². The first-order valence-corrected chi connectivity index (χ1v) is 9.12. The van der Waals surface area contributed by atoms with Crippen LogP contribution in [0.25, 0.3) is 0 Å². The first kappa shape index (κ1) is 17.6. The number of hydrogen-bond acceptors (Lipinski definition) is 3. The molecule has 1 saturated heterocycles. The third kappa shape index (κ3) is 5.15. The molecule has 1 N–H and O–H groups in total. The molecule has 2 aliphatic rings. The summed E-state index contributed by atoms with van der Waals surface area (Å²) in [5.74, 6) is 0.886. The van der Waals surface area contributed by atoms with Crippen LogP contribution in [0.1, 0.15) is 72.6 Å². The van der Waals surface area contributed by atoms with E-state index in [2.05, 4.69) is 12.2 Å². The number of nitrogens with zero attached hydrogens (tertiary/aromatic N) is 1. The van der Waals surface area contributed by atoms with Crippen LogP contribution in [0, 0.1) is 5.92 Å². The monoisotopic (exact) mass is 310 g/mol. The number of amides is 1. The van der Waals surface area contributed by atoms with Crippen molar-refractivity contribution in [2.24, 2.45) is 5.92 Å². The molecule has 0 aromatic rings. The summed E-state index contributed by atoms with van der Waals surface area (Å²) in [4.78, 5) is 14.2. The molecule has 3 unspecified atom stereocenters. The molecule has 0 aromatic heterocycles. The number of rotatable bonds is 4. The van der Waals surface area contributed by atoms with Crippen LogP contribution in [-0.2, 0) is 4.74 Å². The fourth-order valence-corrected chi connectivity index (χ4v) is 3.76. The van der Waals surface area contributed by atoms with Crippen LogP contribution in [-0.4, -0.2) is 41.8 Å². The number of hydrogen-bond donors (Lipinski definition) is 1. The van der Waals surface area contributed by atoms with Crippen molar-refractivity contribution < 1.29 is 9.53 Å². The van der Waals surface area contributed by atoms with Crippen LogP contribution in [0.4, 0.5) is 4.79 Å². The zero-order valence-corrected chi connectivity index (χ0v) is 14.9. The quantitative estimate of drug-likeness (QED) is 0.855. The van der Waals surface area contributed by atoms with Gasteiger partial charge in [-0.1, -0.05) is 26.2 Å². The van der Waals surface area contributed by atoms with E-state index in [9.17, 15) is 4.79 Å². The summed E-state index contributed by atoms with van der Waals surface area (Å²) in [7, 11) is 0. The van der Waals surface area contributed by atoms with Gasteiger partial charge in [0.05, 0.1) is 0 Å². The lowest BCUT2D eigenvalue weighted by molar-refractivity contribution is 0.0223. The molecule has 1 aliphatic carbocycles. The Bertz CT molecular complexity index is 365. The average Bonchev–Trinajstić information content (AvgIpc) is 2.92. The van der Waals surface area contributed by atoms with Gasteiger partial charge in [0, 0.05) is 25.2 Å². The second kappa shape index (κ2) is 7.67. The van der Waals surface area contributed by atoms with E-state index >= 15 is 0 Å². The molecule has 2 fully saturated rings. The molecule has 22 heavy (non-hydrogen) atoms. The summed E-state index contributed by atoms with van der Waals surface area (Å²) in [6, 6.07) is 0.941. The van der Waals surface area contributed by atoms with E-state index in [4.69, 9.17) is 4.74 Å². The number of likely N-dealkylation sites (tertiary alicyclic amines) is 1. The van der Waals surface area contributed by atoms with Crippen molar-refractivity contribution in [3.63, 3.8) is 0 Å². The molecular formula is C18H34N2O2.